The number of benzene rings is 1. The van der Waals surface area contributed by atoms with E-state index in [9.17, 15) is 0 Å². The molecule has 1 unspecified atom stereocenters. The topological polar surface area (TPSA) is 21.3 Å². The van der Waals surface area contributed by atoms with E-state index >= 15 is 0 Å². The molecule has 0 spiro atoms. The van der Waals surface area contributed by atoms with Crippen LogP contribution in [0.3, 0.4) is 0 Å². The molecule has 0 aromatic heterocycles. The molecule has 2 rings (SSSR count). The van der Waals surface area contributed by atoms with Gasteiger partial charge in [-0.2, -0.15) is 0 Å². The Morgan fingerprint density at radius 3 is 3.07 bits per heavy atom. The Hall–Kier alpha value is -1.28. The van der Waals surface area contributed by atoms with Gasteiger partial charge in [0, 0.05) is 6.54 Å². The summed E-state index contributed by atoms with van der Waals surface area (Å²) in [5.74, 6) is 1.01. The molecule has 1 aromatic carbocycles. The predicted octanol–water partition coefficient (Wildman–Crippen LogP) is 2.16. The van der Waals surface area contributed by atoms with Crippen molar-refractivity contribution in [2.24, 2.45) is 0 Å². The van der Waals surface area contributed by atoms with Crippen molar-refractivity contribution < 1.29 is 4.74 Å². The summed E-state index contributed by atoms with van der Waals surface area (Å²) in [6.07, 6.45) is 4.21. The third-order valence-electron chi connectivity index (χ3n) is 2.65. The average molecular weight is 203 g/mol. The van der Waals surface area contributed by atoms with Crippen molar-refractivity contribution in [1.82, 2.24) is 5.32 Å². The van der Waals surface area contributed by atoms with E-state index in [0.29, 0.717) is 6.10 Å². The maximum Gasteiger partial charge on any atom is 0.123 e. The second kappa shape index (κ2) is 4.99. The summed E-state index contributed by atoms with van der Waals surface area (Å²) in [6.45, 7) is 5.79. The average Bonchev–Trinajstić information content (AvgIpc) is 2.74. The first kappa shape index (κ1) is 10.2. The van der Waals surface area contributed by atoms with Crippen LogP contribution in [0.15, 0.2) is 36.9 Å². The normalized spacial score (nSPS) is 20.1. The van der Waals surface area contributed by atoms with E-state index in [-0.39, 0.29) is 0 Å². The molecule has 1 atom stereocenters. The molecule has 1 saturated heterocycles. The van der Waals surface area contributed by atoms with Crippen LogP contribution in [-0.4, -0.2) is 19.2 Å². The number of para-hydroxylation sites is 1. The lowest BCUT2D eigenvalue weighted by molar-refractivity contribution is 0.221. The predicted molar refractivity (Wildman–Crippen MR) is 62.2 cm³/mol. The Morgan fingerprint density at radius 2 is 2.33 bits per heavy atom. The summed E-state index contributed by atoms with van der Waals surface area (Å²) >= 11 is 0. The number of hydrogen-bond donors (Lipinski definition) is 1. The SMILES string of the molecule is C=CCc1ccccc1OC1CCNC1. The van der Waals surface area contributed by atoms with Gasteiger partial charge in [0.25, 0.3) is 0 Å². The van der Waals surface area contributed by atoms with Crippen LogP contribution in [0.2, 0.25) is 0 Å². The lowest BCUT2D eigenvalue weighted by atomic mass is 10.1. The first-order valence-corrected chi connectivity index (χ1v) is 5.46. The lowest BCUT2D eigenvalue weighted by Crippen LogP contribution is -2.20. The van der Waals surface area contributed by atoms with Crippen LogP contribution in [0, 0.1) is 0 Å². The maximum atomic E-state index is 5.95. The maximum absolute atomic E-state index is 5.95. The van der Waals surface area contributed by atoms with E-state index in [0.717, 1.165) is 31.7 Å². The van der Waals surface area contributed by atoms with Crippen molar-refractivity contribution >= 4 is 0 Å². The van der Waals surface area contributed by atoms with Gasteiger partial charge in [-0.05, 0) is 31.0 Å². The fraction of sp³-hybridized carbons (Fsp3) is 0.385. The van der Waals surface area contributed by atoms with Crippen molar-refractivity contribution in [2.45, 2.75) is 18.9 Å². The Morgan fingerprint density at radius 1 is 1.47 bits per heavy atom. The van der Waals surface area contributed by atoms with E-state index in [1.807, 2.05) is 24.3 Å². The molecular formula is C13H17NO. The Kier molecular flexibility index (Phi) is 3.41. The summed E-state index contributed by atoms with van der Waals surface area (Å²) in [4.78, 5) is 0. The van der Waals surface area contributed by atoms with Crippen molar-refractivity contribution in [1.29, 1.82) is 0 Å². The zero-order valence-corrected chi connectivity index (χ0v) is 8.91. The van der Waals surface area contributed by atoms with Gasteiger partial charge >= 0.3 is 0 Å². The van der Waals surface area contributed by atoms with E-state index in [4.69, 9.17) is 4.74 Å². The van der Waals surface area contributed by atoms with Crippen LogP contribution in [-0.2, 0) is 6.42 Å². The number of hydrogen-bond acceptors (Lipinski definition) is 2. The molecule has 2 nitrogen and oxygen atoms in total. The number of ether oxygens (including phenoxy) is 1. The van der Waals surface area contributed by atoms with Crippen LogP contribution < -0.4 is 10.1 Å². The fourth-order valence-corrected chi connectivity index (χ4v) is 1.85. The zero-order valence-electron chi connectivity index (χ0n) is 8.91. The van der Waals surface area contributed by atoms with Gasteiger partial charge in [-0.3, -0.25) is 0 Å². The molecule has 0 radical (unpaired) electrons. The van der Waals surface area contributed by atoms with Crippen LogP contribution in [0.5, 0.6) is 5.75 Å². The molecule has 0 saturated carbocycles. The van der Waals surface area contributed by atoms with Crippen LogP contribution in [0.4, 0.5) is 0 Å². The van der Waals surface area contributed by atoms with Gasteiger partial charge in [-0.1, -0.05) is 24.3 Å². The second-order valence-electron chi connectivity index (χ2n) is 3.83. The Labute approximate surface area is 91.0 Å². The molecule has 1 N–H and O–H groups in total. The molecule has 1 fully saturated rings. The highest BCUT2D eigenvalue weighted by Crippen LogP contribution is 2.21. The molecule has 1 aliphatic heterocycles. The minimum absolute atomic E-state index is 0.330. The van der Waals surface area contributed by atoms with Gasteiger partial charge < -0.3 is 10.1 Å². The van der Waals surface area contributed by atoms with Crippen LogP contribution in [0.25, 0.3) is 0 Å². The summed E-state index contributed by atoms with van der Waals surface area (Å²) in [5.41, 5.74) is 1.22. The third-order valence-corrected chi connectivity index (χ3v) is 2.65. The van der Waals surface area contributed by atoms with Crippen molar-refractivity contribution in [3.8, 4) is 5.75 Å². The largest absolute Gasteiger partial charge is 0.489 e. The minimum Gasteiger partial charge on any atom is -0.489 e. The van der Waals surface area contributed by atoms with Gasteiger partial charge in [0.15, 0.2) is 0 Å². The van der Waals surface area contributed by atoms with Crippen molar-refractivity contribution in [2.75, 3.05) is 13.1 Å². The molecule has 2 heteroatoms. The molecule has 0 amide bonds. The molecule has 0 bridgehead atoms. The van der Waals surface area contributed by atoms with E-state index in [1.165, 1.54) is 5.56 Å². The summed E-state index contributed by atoms with van der Waals surface area (Å²) in [5, 5.41) is 3.30. The monoisotopic (exact) mass is 203 g/mol. The molecule has 1 aromatic rings. The minimum atomic E-state index is 0.330. The molecule has 0 aliphatic carbocycles. The number of rotatable bonds is 4. The Bertz CT molecular complexity index is 329. The van der Waals surface area contributed by atoms with Crippen molar-refractivity contribution in [3.05, 3.63) is 42.5 Å². The number of nitrogens with one attached hydrogen (secondary N) is 1. The van der Waals surface area contributed by atoms with Gasteiger partial charge in [0.05, 0.1) is 0 Å². The zero-order chi connectivity index (χ0) is 10.5. The summed E-state index contributed by atoms with van der Waals surface area (Å²) < 4.78 is 5.95. The molecule has 1 heterocycles. The standard InChI is InChI=1S/C13H17NO/c1-2-5-11-6-3-4-7-13(11)15-12-8-9-14-10-12/h2-4,6-7,12,14H,1,5,8-10H2. The van der Waals surface area contributed by atoms with Gasteiger partial charge in [-0.25, -0.2) is 0 Å². The van der Waals surface area contributed by atoms with Gasteiger partial charge in [0.1, 0.15) is 11.9 Å². The third kappa shape index (κ3) is 2.60. The first-order chi connectivity index (χ1) is 7.40. The van der Waals surface area contributed by atoms with Gasteiger partial charge in [-0.15, -0.1) is 6.58 Å². The molecular weight excluding hydrogens is 186 g/mol. The highest BCUT2D eigenvalue weighted by molar-refractivity contribution is 5.34. The fourth-order valence-electron chi connectivity index (χ4n) is 1.85. The second-order valence-corrected chi connectivity index (χ2v) is 3.83. The van der Waals surface area contributed by atoms with Crippen LogP contribution >= 0.6 is 0 Å². The highest BCUT2D eigenvalue weighted by atomic mass is 16.5. The number of allylic oxidation sites excluding steroid dienone is 1. The molecule has 15 heavy (non-hydrogen) atoms. The Balaban J connectivity index is 2.08. The van der Waals surface area contributed by atoms with E-state index in [1.54, 1.807) is 0 Å². The summed E-state index contributed by atoms with van der Waals surface area (Å²) in [6, 6.07) is 8.19. The molecule has 1 aliphatic rings. The van der Waals surface area contributed by atoms with Gasteiger partial charge in [0.2, 0.25) is 0 Å². The van der Waals surface area contributed by atoms with Crippen molar-refractivity contribution in [3.63, 3.8) is 0 Å². The first-order valence-electron chi connectivity index (χ1n) is 5.46. The van der Waals surface area contributed by atoms with Crippen LogP contribution in [0.1, 0.15) is 12.0 Å². The van der Waals surface area contributed by atoms with E-state index < -0.39 is 0 Å². The molecule has 80 valence electrons. The quantitative estimate of drug-likeness (QED) is 0.757. The lowest BCUT2D eigenvalue weighted by Gasteiger charge is -2.15. The summed E-state index contributed by atoms with van der Waals surface area (Å²) in [7, 11) is 0. The highest BCUT2D eigenvalue weighted by Gasteiger charge is 2.16. The van der Waals surface area contributed by atoms with E-state index in [2.05, 4.69) is 18.0 Å². The smallest absolute Gasteiger partial charge is 0.123 e.